The minimum Gasteiger partial charge on any atom is -0.480 e. The molecule has 3 aromatic carbocycles. The first-order valence-electron chi connectivity index (χ1n) is 9.62. The second-order valence-electron chi connectivity index (χ2n) is 6.95. The summed E-state index contributed by atoms with van der Waals surface area (Å²) in [5, 5.41) is 22.3. The quantitative estimate of drug-likeness (QED) is 0.443. The molecule has 0 radical (unpaired) electrons. The average molecular weight is 416 g/mol. The van der Waals surface area contributed by atoms with E-state index in [0.29, 0.717) is 6.54 Å². The zero-order valence-corrected chi connectivity index (χ0v) is 17.3. The molecular formula is C24H21N3O2S. The van der Waals surface area contributed by atoms with Gasteiger partial charge < -0.3 is 10.4 Å². The van der Waals surface area contributed by atoms with Crippen LogP contribution in [-0.4, -0.2) is 27.8 Å². The zero-order chi connectivity index (χ0) is 20.9. The van der Waals surface area contributed by atoms with E-state index in [1.165, 1.54) is 16.7 Å². The van der Waals surface area contributed by atoms with E-state index in [1.807, 2.05) is 42.5 Å². The number of benzene rings is 3. The number of nitrogens with zero attached hydrogens (tertiary/aromatic N) is 2. The Kier molecular flexibility index (Phi) is 5.97. The maximum absolute atomic E-state index is 10.7. The summed E-state index contributed by atoms with van der Waals surface area (Å²) in [7, 11) is 0. The molecule has 0 aliphatic rings. The summed E-state index contributed by atoms with van der Waals surface area (Å²) in [5.74, 6) is -0.868. The van der Waals surface area contributed by atoms with Crippen LogP contribution in [0.4, 0.5) is 0 Å². The Morgan fingerprint density at radius 1 is 0.900 bits per heavy atom. The van der Waals surface area contributed by atoms with E-state index >= 15 is 0 Å². The molecule has 150 valence electrons. The van der Waals surface area contributed by atoms with Crippen LogP contribution in [0.2, 0.25) is 0 Å². The Bertz CT molecular complexity index is 1170. The van der Waals surface area contributed by atoms with Crippen molar-refractivity contribution < 1.29 is 9.90 Å². The van der Waals surface area contributed by atoms with Crippen molar-refractivity contribution in [3.8, 4) is 32.3 Å². The Morgan fingerprint density at radius 3 is 2.40 bits per heavy atom. The molecule has 0 aliphatic carbocycles. The number of hydrogen-bond acceptors (Lipinski definition) is 5. The van der Waals surface area contributed by atoms with E-state index in [1.54, 1.807) is 11.3 Å². The smallest absolute Gasteiger partial charge is 0.317 e. The summed E-state index contributed by atoms with van der Waals surface area (Å²) in [4.78, 5) is 10.7. The molecule has 0 amide bonds. The lowest BCUT2D eigenvalue weighted by molar-refractivity contribution is -0.135. The minimum absolute atomic E-state index is 0.0653. The summed E-state index contributed by atoms with van der Waals surface area (Å²) >= 11 is 1.56. The first kappa shape index (κ1) is 19.9. The van der Waals surface area contributed by atoms with Crippen LogP contribution < -0.4 is 5.32 Å². The SMILES string of the molecule is Cc1c(-c2ccccc2)cccc1-c1nnc(-c2cccc(CNCC(=O)O)c2)s1. The lowest BCUT2D eigenvalue weighted by Crippen LogP contribution is -2.21. The maximum Gasteiger partial charge on any atom is 0.317 e. The van der Waals surface area contributed by atoms with E-state index in [2.05, 4.69) is 52.8 Å². The molecule has 0 saturated carbocycles. The number of carboxylic acid groups (broad SMARTS) is 1. The number of hydrogen-bond donors (Lipinski definition) is 2. The minimum atomic E-state index is -0.868. The van der Waals surface area contributed by atoms with Crippen LogP contribution in [-0.2, 0) is 11.3 Å². The standard InChI is InChI=1S/C24H21N3O2S/c1-16-20(18-8-3-2-4-9-18)11-6-12-21(16)24-27-26-23(30-24)19-10-5-7-17(13-19)14-25-15-22(28)29/h2-13,25H,14-15H2,1H3,(H,28,29). The summed E-state index contributed by atoms with van der Waals surface area (Å²) in [6.07, 6.45) is 0. The van der Waals surface area contributed by atoms with Gasteiger partial charge in [0.2, 0.25) is 0 Å². The van der Waals surface area contributed by atoms with Crippen molar-refractivity contribution in [2.24, 2.45) is 0 Å². The number of nitrogens with one attached hydrogen (secondary N) is 1. The van der Waals surface area contributed by atoms with Gasteiger partial charge in [0.25, 0.3) is 0 Å². The van der Waals surface area contributed by atoms with Gasteiger partial charge in [0.1, 0.15) is 10.0 Å². The second-order valence-corrected chi connectivity index (χ2v) is 7.93. The molecular weight excluding hydrogens is 394 g/mol. The monoisotopic (exact) mass is 415 g/mol. The van der Waals surface area contributed by atoms with Crippen molar-refractivity contribution in [3.63, 3.8) is 0 Å². The first-order valence-corrected chi connectivity index (χ1v) is 10.4. The van der Waals surface area contributed by atoms with Gasteiger partial charge in [-0.05, 0) is 35.2 Å². The highest BCUT2D eigenvalue weighted by Gasteiger charge is 2.13. The van der Waals surface area contributed by atoms with Crippen LogP contribution in [0.3, 0.4) is 0 Å². The fourth-order valence-electron chi connectivity index (χ4n) is 3.37. The third kappa shape index (κ3) is 4.45. The molecule has 0 saturated heterocycles. The van der Waals surface area contributed by atoms with Crippen LogP contribution >= 0.6 is 11.3 Å². The number of aliphatic carboxylic acids is 1. The fourth-order valence-corrected chi connectivity index (χ4v) is 4.30. The third-order valence-electron chi connectivity index (χ3n) is 4.85. The zero-order valence-electron chi connectivity index (χ0n) is 16.5. The molecule has 6 heteroatoms. The molecule has 0 spiro atoms. The molecule has 1 heterocycles. The second kappa shape index (κ2) is 8.98. The lowest BCUT2D eigenvalue weighted by Gasteiger charge is -2.09. The summed E-state index contributed by atoms with van der Waals surface area (Å²) < 4.78 is 0. The Labute approximate surface area is 179 Å². The van der Waals surface area contributed by atoms with Crippen molar-refractivity contribution in [1.82, 2.24) is 15.5 Å². The molecule has 2 N–H and O–H groups in total. The van der Waals surface area contributed by atoms with Gasteiger partial charge >= 0.3 is 5.97 Å². The van der Waals surface area contributed by atoms with Gasteiger partial charge in [-0.1, -0.05) is 78.1 Å². The third-order valence-corrected chi connectivity index (χ3v) is 5.86. The Morgan fingerprint density at radius 2 is 1.60 bits per heavy atom. The van der Waals surface area contributed by atoms with Gasteiger partial charge in [0.05, 0.1) is 6.54 Å². The van der Waals surface area contributed by atoms with Gasteiger partial charge in [0, 0.05) is 17.7 Å². The molecule has 1 aromatic heterocycles. The van der Waals surface area contributed by atoms with E-state index in [-0.39, 0.29) is 6.54 Å². The summed E-state index contributed by atoms with van der Waals surface area (Å²) in [6, 6.07) is 24.5. The highest BCUT2D eigenvalue weighted by molar-refractivity contribution is 7.17. The predicted octanol–water partition coefficient (Wildman–Crippen LogP) is 5.02. The van der Waals surface area contributed by atoms with E-state index < -0.39 is 5.97 Å². The molecule has 0 bridgehead atoms. The van der Waals surface area contributed by atoms with Crippen molar-refractivity contribution in [1.29, 1.82) is 0 Å². The van der Waals surface area contributed by atoms with Gasteiger partial charge in [0.15, 0.2) is 0 Å². The lowest BCUT2D eigenvalue weighted by atomic mass is 9.97. The van der Waals surface area contributed by atoms with Gasteiger partial charge in [-0.2, -0.15) is 0 Å². The topological polar surface area (TPSA) is 75.1 Å². The normalized spacial score (nSPS) is 10.8. The van der Waals surface area contributed by atoms with Gasteiger partial charge in [-0.25, -0.2) is 0 Å². The predicted molar refractivity (Wildman–Crippen MR) is 120 cm³/mol. The molecule has 0 atom stereocenters. The molecule has 0 fully saturated rings. The highest BCUT2D eigenvalue weighted by Crippen LogP contribution is 2.35. The fraction of sp³-hybridized carbons (Fsp3) is 0.125. The van der Waals surface area contributed by atoms with Crippen molar-refractivity contribution in [2.75, 3.05) is 6.54 Å². The average Bonchev–Trinajstić information content (AvgIpc) is 3.25. The van der Waals surface area contributed by atoms with Crippen molar-refractivity contribution >= 4 is 17.3 Å². The largest absolute Gasteiger partial charge is 0.480 e. The van der Waals surface area contributed by atoms with E-state index in [9.17, 15) is 4.79 Å². The number of aromatic nitrogens is 2. The van der Waals surface area contributed by atoms with Crippen LogP contribution in [0.5, 0.6) is 0 Å². The van der Waals surface area contributed by atoms with Crippen molar-refractivity contribution in [3.05, 3.63) is 83.9 Å². The number of carbonyl (C=O) groups is 1. The molecule has 4 rings (SSSR count). The molecule has 5 nitrogen and oxygen atoms in total. The molecule has 0 unspecified atom stereocenters. The number of carboxylic acids is 1. The molecule has 0 aliphatic heterocycles. The molecule has 4 aromatic rings. The van der Waals surface area contributed by atoms with E-state index in [0.717, 1.165) is 26.7 Å². The van der Waals surface area contributed by atoms with Gasteiger partial charge in [-0.3, -0.25) is 4.79 Å². The number of rotatable bonds is 7. The Balaban J connectivity index is 1.60. The van der Waals surface area contributed by atoms with Crippen LogP contribution in [0.1, 0.15) is 11.1 Å². The van der Waals surface area contributed by atoms with Crippen LogP contribution in [0.15, 0.2) is 72.8 Å². The molecule has 30 heavy (non-hydrogen) atoms. The maximum atomic E-state index is 10.7. The first-order chi connectivity index (χ1) is 14.6. The summed E-state index contributed by atoms with van der Waals surface area (Å²) in [6.45, 7) is 2.54. The van der Waals surface area contributed by atoms with Gasteiger partial charge in [-0.15, -0.1) is 10.2 Å². The van der Waals surface area contributed by atoms with Crippen LogP contribution in [0, 0.1) is 6.92 Å². The summed E-state index contributed by atoms with van der Waals surface area (Å²) in [5.41, 5.74) is 6.62. The highest BCUT2D eigenvalue weighted by atomic mass is 32.1. The van der Waals surface area contributed by atoms with Crippen LogP contribution in [0.25, 0.3) is 32.3 Å². The Hall–Kier alpha value is -3.35. The van der Waals surface area contributed by atoms with Crippen molar-refractivity contribution in [2.45, 2.75) is 13.5 Å². The van der Waals surface area contributed by atoms with E-state index in [4.69, 9.17) is 5.11 Å².